The minimum atomic E-state index is 0.635. The molecule has 112 valence electrons. The van der Waals surface area contributed by atoms with Gasteiger partial charge in [0.15, 0.2) is 0 Å². The first-order chi connectivity index (χ1) is 9.61. The summed E-state index contributed by atoms with van der Waals surface area (Å²) in [5.41, 5.74) is 1.29. The van der Waals surface area contributed by atoms with Gasteiger partial charge in [0.2, 0.25) is 0 Å². The average molecular weight is 276 g/mol. The molecule has 1 fully saturated rings. The molecule has 0 radical (unpaired) electrons. The van der Waals surface area contributed by atoms with E-state index in [-0.39, 0.29) is 0 Å². The molecule has 1 N–H and O–H groups in total. The van der Waals surface area contributed by atoms with Gasteiger partial charge in [0.1, 0.15) is 5.75 Å². The number of ether oxygens (including phenoxy) is 1. The topological polar surface area (TPSA) is 24.5 Å². The third-order valence-corrected chi connectivity index (χ3v) is 4.60. The molecule has 0 aromatic heterocycles. The smallest absolute Gasteiger partial charge is 0.122 e. The number of nitrogens with zero attached hydrogens (tertiary/aromatic N) is 1. The second kappa shape index (κ2) is 7.09. The summed E-state index contributed by atoms with van der Waals surface area (Å²) >= 11 is 0. The maximum Gasteiger partial charge on any atom is 0.122 e. The van der Waals surface area contributed by atoms with Crippen molar-refractivity contribution in [2.24, 2.45) is 5.92 Å². The van der Waals surface area contributed by atoms with Crippen LogP contribution in [-0.2, 0) is 6.42 Å². The van der Waals surface area contributed by atoms with Crippen LogP contribution in [0, 0.1) is 5.92 Å². The summed E-state index contributed by atoms with van der Waals surface area (Å²) in [7, 11) is 3.97. The number of benzene rings is 1. The van der Waals surface area contributed by atoms with E-state index in [2.05, 4.69) is 43.2 Å². The molecule has 0 aliphatic carbocycles. The van der Waals surface area contributed by atoms with Gasteiger partial charge in [0.05, 0.1) is 7.11 Å². The largest absolute Gasteiger partial charge is 0.496 e. The predicted molar refractivity (Wildman–Crippen MR) is 84.4 cm³/mol. The minimum absolute atomic E-state index is 0.635. The lowest BCUT2D eigenvalue weighted by atomic mass is 9.90. The van der Waals surface area contributed by atoms with Crippen LogP contribution >= 0.6 is 0 Å². The number of nitrogens with one attached hydrogen (secondary N) is 1. The van der Waals surface area contributed by atoms with Gasteiger partial charge in [0, 0.05) is 18.6 Å². The van der Waals surface area contributed by atoms with Crippen molar-refractivity contribution in [3.05, 3.63) is 29.8 Å². The standard InChI is InChI=1S/C17H28N2O/c1-13-12-19(3)14(2)11-16(13)18-10-9-15-7-5-6-8-17(15)20-4/h5-8,13-14,16,18H,9-12H2,1-4H3. The lowest BCUT2D eigenvalue weighted by molar-refractivity contribution is 0.122. The number of rotatable bonds is 5. The highest BCUT2D eigenvalue weighted by molar-refractivity contribution is 5.33. The van der Waals surface area contributed by atoms with E-state index in [9.17, 15) is 0 Å². The van der Waals surface area contributed by atoms with Crippen LogP contribution in [-0.4, -0.2) is 44.2 Å². The minimum Gasteiger partial charge on any atom is -0.496 e. The number of hydrogen-bond acceptors (Lipinski definition) is 3. The Morgan fingerprint density at radius 2 is 2.05 bits per heavy atom. The van der Waals surface area contributed by atoms with Gasteiger partial charge in [-0.05, 0) is 50.9 Å². The van der Waals surface area contributed by atoms with E-state index in [1.165, 1.54) is 18.5 Å². The molecule has 3 atom stereocenters. The number of hydrogen-bond donors (Lipinski definition) is 1. The number of piperidine rings is 1. The SMILES string of the molecule is COc1ccccc1CCNC1CC(C)N(C)CC1C. The van der Waals surface area contributed by atoms with Crippen LogP contribution in [0.5, 0.6) is 5.75 Å². The van der Waals surface area contributed by atoms with Crippen molar-refractivity contribution < 1.29 is 4.74 Å². The first-order valence-electron chi connectivity index (χ1n) is 7.67. The van der Waals surface area contributed by atoms with Gasteiger partial charge in [0.25, 0.3) is 0 Å². The van der Waals surface area contributed by atoms with E-state index < -0.39 is 0 Å². The molecular weight excluding hydrogens is 248 g/mol. The fourth-order valence-electron chi connectivity index (χ4n) is 3.13. The predicted octanol–water partition coefficient (Wildman–Crippen LogP) is 2.56. The number of likely N-dealkylation sites (tertiary alicyclic amines) is 1. The zero-order chi connectivity index (χ0) is 14.5. The Hall–Kier alpha value is -1.06. The van der Waals surface area contributed by atoms with Crippen LogP contribution in [0.15, 0.2) is 24.3 Å². The molecule has 20 heavy (non-hydrogen) atoms. The summed E-state index contributed by atoms with van der Waals surface area (Å²) in [6, 6.07) is 9.61. The zero-order valence-electron chi connectivity index (χ0n) is 13.2. The maximum atomic E-state index is 5.41. The molecule has 1 saturated heterocycles. The van der Waals surface area contributed by atoms with Crippen LogP contribution in [0.3, 0.4) is 0 Å². The summed E-state index contributed by atoms with van der Waals surface area (Å²) in [5.74, 6) is 1.72. The normalized spacial score (nSPS) is 27.5. The van der Waals surface area contributed by atoms with Crippen LogP contribution in [0.4, 0.5) is 0 Å². The summed E-state index contributed by atoms with van der Waals surface area (Å²) < 4.78 is 5.41. The summed E-state index contributed by atoms with van der Waals surface area (Å²) in [6.45, 7) is 6.88. The molecule has 1 aromatic rings. The molecular formula is C17H28N2O. The summed E-state index contributed by atoms with van der Waals surface area (Å²) in [6.07, 6.45) is 2.26. The average Bonchev–Trinajstić information content (AvgIpc) is 2.45. The van der Waals surface area contributed by atoms with Crippen molar-refractivity contribution in [3.8, 4) is 5.75 Å². The van der Waals surface area contributed by atoms with Crippen LogP contribution in [0.1, 0.15) is 25.8 Å². The Labute approximate surface area is 123 Å². The van der Waals surface area contributed by atoms with E-state index in [0.29, 0.717) is 18.0 Å². The Bertz CT molecular complexity index is 421. The van der Waals surface area contributed by atoms with Gasteiger partial charge < -0.3 is 15.0 Å². The maximum absolute atomic E-state index is 5.41. The Morgan fingerprint density at radius 3 is 2.80 bits per heavy atom. The highest BCUT2D eigenvalue weighted by atomic mass is 16.5. The molecule has 1 heterocycles. The molecule has 3 unspecified atom stereocenters. The Balaban J connectivity index is 1.83. The molecule has 0 amide bonds. The fourth-order valence-corrected chi connectivity index (χ4v) is 3.13. The molecule has 2 rings (SSSR count). The molecule has 3 heteroatoms. The monoisotopic (exact) mass is 276 g/mol. The summed E-state index contributed by atoms with van der Waals surface area (Å²) in [5, 5.41) is 3.74. The molecule has 0 spiro atoms. The van der Waals surface area contributed by atoms with E-state index in [1.807, 2.05) is 12.1 Å². The Morgan fingerprint density at radius 1 is 1.30 bits per heavy atom. The van der Waals surface area contributed by atoms with Crippen LogP contribution in [0.25, 0.3) is 0 Å². The van der Waals surface area contributed by atoms with Crippen molar-refractivity contribution in [1.82, 2.24) is 10.2 Å². The van der Waals surface area contributed by atoms with E-state index in [0.717, 1.165) is 18.7 Å². The molecule has 1 aromatic carbocycles. The van der Waals surface area contributed by atoms with E-state index in [4.69, 9.17) is 4.74 Å². The van der Waals surface area contributed by atoms with Gasteiger partial charge in [-0.2, -0.15) is 0 Å². The molecule has 1 aliphatic heterocycles. The number of methoxy groups -OCH3 is 1. The van der Waals surface area contributed by atoms with Gasteiger partial charge in [-0.1, -0.05) is 25.1 Å². The first kappa shape index (κ1) is 15.3. The van der Waals surface area contributed by atoms with Gasteiger partial charge in [-0.25, -0.2) is 0 Å². The molecule has 3 nitrogen and oxygen atoms in total. The van der Waals surface area contributed by atoms with Crippen molar-refractivity contribution in [1.29, 1.82) is 0 Å². The van der Waals surface area contributed by atoms with E-state index in [1.54, 1.807) is 7.11 Å². The van der Waals surface area contributed by atoms with Crippen molar-refractivity contribution in [2.45, 2.75) is 38.8 Å². The highest BCUT2D eigenvalue weighted by Crippen LogP contribution is 2.21. The van der Waals surface area contributed by atoms with Crippen molar-refractivity contribution in [3.63, 3.8) is 0 Å². The van der Waals surface area contributed by atoms with E-state index >= 15 is 0 Å². The quantitative estimate of drug-likeness (QED) is 0.894. The fraction of sp³-hybridized carbons (Fsp3) is 0.647. The molecule has 0 saturated carbocycles. The third kappa shape index (κ3) is 3.74. The third-order valence-electron chi connectivity index (χ3n) is 4.60. The van der Waals surface area contributed by atoms with Crippen LogP contribution in [0.2, 0.25) is 0 Å². The van der Waals surface area contributed by atoms with Gasteiger partial charge >= 0.3 is 0 Å². The second-order valence-electron chi connectivity index (χ2n) is 6.12. The second-order valence-corrected chi connectivity index (χ2v) is 6.12. The zero-order valence-corrected chi connectivity index (χ0v) is 13.2. The van der Waals surface area contributed by atoms with Gasteiger partial charge in [-0.15, -0.1) is 0 Å². The van der Waals surface area contributed by atoms with Crippen molar-refractivity contribution >= 4 is 0 Å². The lowest BCUT2D eigenvalue weighted by Crippen LogP contribution is -2.51. The first-order valence-corrected chi connectivity index (χ1v) is 7.67. The van der Waals surface area contributed by atoms with Gasteiger partial charge in [-0.3, -0.25) is 0 Å². The molecule has 1 aliphatic rings. The highest BCUT2D eigenvalue weighted by Gasteiger charge is 2.28. The number of para-hydroxylation sites is 1. The summed E-state index contributed by atoms with van der Waals surface area (Å²) in [4.78, 5) is 2.46. The van der Waals surface area contributed by atoms with Crippen LogP contribution < -0.4 is 10.1 Å². The lowest BCUT2D eigenvalue weighted by Gasteiger charge is -2.40. The molecule has 0 bridgehead atoms. The van der Waals surface area contributed by atoms with Crippen molar-refractivity contribution in [2.75, 3.05) is 27.2 Å². The Kier molecular flexibility index (Phi) is 5.44.